The van der Waals surface area contributed by atoms with Crippen molar-refractivity contribution in [1.82, 2.24) is 20.0 Å². The molecule has 0 saturated carbocycles. The van der Waals surface area contributed by atoms with Crippen LogP contribution in [0.1, 0.15) is 31.9 Å². The van der Waals surface area contributed by atoms with Gasteiger partial charge in [-0.2, -0.15) is 0 Å². The van der Waals surface area contributed by atoms with Crippen molar-refractivity contribution in [3.63, 3.8) is 0 Å². The number of benzene rings is 1. The lowest BCUT2D eigenvalue weighted by molar-refractivity contribution is 0.0914. The van der Waals surface area contributed by atoms with Crippen molar-refractivity contribution in [2.24, 2.45) is 4.99 Å². The van der Waals surface area contributed by atoms with Crippen LogP contribution in [0.15, 0.2) is 29.3 Å². The zero-order chi connectivity index (χ0) is 20.4. The summed E-state index contributed by atoms with van der Waals surface area (Å²) in [7, 11) is 1.81. The monoisotopic (exact) mass is 517 g/mol. The fourth-order valence-electron chi connectivity index (χ4n) is 3.39. The first-order valence-corrected chi connectivity index (χ1v) is 10.3. The highest BCUT2D eigenvalue weighted by atomic mass is 127. The third kappa shape index (κ3) is 7.65. The van der Waals surface area contributed by atoms with E-state index < -0.39 is 0 Å². The Labute approximate surface area is 192 Å². The van der Waals surface area contributed by atoms with Crippen molar-refractivity contribution < 1.29 is 9.53 Å². The van der Waals surface area contributed by atoms with E-state index in [1.165, 1.54) is 11.1 Å². The van der Waals surface area contributed by atoms with E-state index >= 15 is 0 Å². The maximum atomic E-state index is 11.9. The van der Waals surface area contributed by atoms with Gasteiger partial charge in [-0.15, -0.1) is 24.0 Å². The lowest BCUT2D eigenvalue weighted by atomic mass is 10.1. The molecule has 1 aliphatic heterocycles. The number of piperazine rings is 1. The van der Waals surface area contributed by atoms with Crippen LogP contribution >= 0.6 is 24.0 Å². The fraction of sp³-hybridized carbons (Fsp3) is 0.619. The molecule has 0 aromatic heterocycles. The van der Waals surface area contributed by atoms with Gasteiger partial charge in [-0.3, -0.25) is 9.89 Å². The number of carbonyl (C=O) groups excluding carboxylic acids is 1. The molecule has 0 unspecified atom stereocenters. The predicted octanol–water partition coefficient (Wildman–Crippen LogP) is 3.00. The molecule has 1 aliphatic rings. The standard InChI is InChI=1S/C21H35N5O2.HI/c1-5-24(6-2)17-19-11-9-8-10-18(19)16-23-20(22-4)25-12-14-26(15-13-25)21(27)28-7-3;/h8-11H,5-7,12-17H2,1-4H3,(H,22,23);1H. The van der Waals surface area contributed by atoms with Crippen LogP contribution in [0.4, 0.5) is 4.79 Å². The quantitative estimate of drug-likeness (QED) is 0.343. The molecule has 0 radical (unpaired) electrons. The van der Waals surface area contributed by atoms with Crippen LogP contribution in [0.3, 0.4) is 0 Å². The molecule has 164 valence electrons. The van der Waals surface area contributed by atoms with E-state index in [1.54, 1.807) is 4.90 Å². The zero-order valence-corrected chi connectivity index (χ0v) is 20.5. The lowest BCUT2D eigenvalue weighted by Gasteiger charge is -2.36. The molecule has 1 aromatic carbocycles. The number of ether oxygens (including phenoxy) is 1. The minimum Gasteiger partial charge on any atom is -0.450 e. The number of amides is 1. The minimum absolute atomic E-state index is 0. The number of nitrogens with zero attached hydrogens (tertiary/aromatic N) is 4. The van der Waals surface area contributed by atoms with Crippen molar-refractivity contribution in [2.75, 3.05) is 52.9 Å². The molecule has 1 amide bonds. The van der Waals surface area contributed by atoms with Crippen molar-refractivity contribution in [2.45, 2.75) is 33.9 Å². The molecule has 29 heavy (non-hydrogen) atoms. The molecular weight excluding hydrogens is 481 g/mol. The summed E-state index contributed by atoms with van der Waals surface area (Å²) in [6.07, 6.45) is -0.226. The third-order valence-electron chi connectivity index (χ3n) is 5.16. The maximum Gasteiger partial charge on any atom is 0.409 e. The second-order valence-electron chi connectivity index (χ2n) is 6.80. The van der Waals surface area contributed by atoms with Crippen LogP contribution < -0.4 is 5.32 Å². The van der Waals surface area contributed by atoms with Crippen molar-refractivity contribution >= 4 is 36.0 Å². The molecule has 1 saturated heterocycles. The SMILES string of the molecule is CCOC(=O)N1CCN(C(=NC)NCc2ccccc2CN(CC)CC)CC1.I. The van der Waals surface area contributed by atoms with Gasteiger partial charge in [-0.1, -0.05) is 38.1 Å². The Morgan fingerprint density at radius 2 is 1.66 bits per heavy atom. The topological polar surface area (TPSA) is 60.4 Å². The Kier molecular flexibility index (Phi) is 12.0. The summed E-state index contributed by atoms with van der Waals surface area (Å²) in [4.78, 5) is 22.7. The Hall–Kier alpha value is -1.55. The van der Waals surface area contributed by atoms with Crippen LogP contribution in [0.25, 0.3) is 0 Å². The first-order valence-electron chi connectivity index (χ1n) is 10.3. The number of hydrogen-bond donors (Lipinski definition) is 1. The van der Waals surface area contributed by atoms with Gasteiger partial charge < -0.3 is 19.9 Å². The highest BCUT2D eigenvalue weighted by molar-refractivity contribution is 14.0. The minimum atomic E-state index is -0.226. The number of carbonyl (C=O) groups is 1. The van der Waals surface area contributed by atoms with Gasteiger partial charge in [0, 0.05) is 46.3 Å². The normalized spacial score (nSPS) is 14.6. The smallest absolute Gasteiger partial charge is 0.409 e. The van der Waals surface area contributed by atoms with Gasteiger partial charge in [0.2, 0.25) is 0 Å². The number of aliphatic imine (C=N–C) groups is 1. The van der Waals surface area contributed by atoms with Crippen LogP contribution in [0, 0.1) is 0 Å². The van der Waals surface area contributed by atoms with Crippen LogP contribution in [-0.4, -0.2) is 79.7 Å². The predicted molar refractivity (Wildman–Crippen MR) is 129 cm³/mol. The summed E-state index contributed by atoms with van der Waals surface area (Å²) in [5.41, 5.74) is 2.64. The van der Waals surface area contributed by atoms with E-state index in [-0.39, 0.29) is 30.1 Å². The average molecular weight is 517 g/mol. The van der Waals surface area contributed by atoms with E-state index in [1.807, 2.05) is 14.0 Å². The van der Waals surface area contributed by atoms with E-state index in [0.29, 0.717) is 19.7 Å². The van der Waals surface area contributed by atoms with Gasteiger partial charge in [0.1, 0.15) is 0 Å². The number of guanidine groups is 1. The second-order valence-corrected chi connectivity index (χ2v) is 6.80. The fourth-order valence-corrected chi connectivity index (χ4v) is 3.39. The molecular formula is C21H36IN5O2. The lowest BCUT2D eigenvalue weighted by Crippen LogP contribution is -2.53. The highest BCUT2D eigenvalue weighted by Crippen LogP contribution is 2.12. The van der Waals surface area contributed by atoms with Crippen LogP contribution in [0.5, 0.6) is 0 Å². The molecule has 1 aromatic rings. The number of rotatable bonds is 7. The van der Waals surface area contributed by atoms with Crippen molar-refractivity contribution in [3.05, 3.63) is 35.4 Å². The first kappa shape index (κ1) is 25.5. The Morgan fingerprint density at radius 3 is 2.21 bits per heavy atom. The molecule has 7 nitrogen and oxygen atoms in total. The third-order valence-corrected chi connectivity index (χ3v) is 5.16. The number of nitrogens with one attached hydrogen (secondary N) is 1. The van der Waals surface area contributed by atoms with E-state index in [2.05, 4.69) is 58.2 Å². The Balaban J connectivity index is 0.00000420. The van der Waals surface area contributed by atoms with Gasteiger partial charge in [-0.25, -0.2) is 4.79 Å². The van der Waals surface area contributed by atoms with Crippen LogP contribution in [0.2, 0.25) is 0 Å². The molecule has 0 spiro atoms. The average Bonchev–Trinajstić information content (AvgIpc) is 2.74. The zero-order valence-electron chi connectivity index (χ0n) is 18.2. The summed E-state index contributed by atoms with van der Waals surface area (Å²) >= 11 is 0. The Bertz CT molecular complexity index is 644. The van der Waals surface area contributed by atoms with E-state index in [0.717, 1.165) is 45.2 Å². The van der Waals surface area contributed by atoms with Gasteiger partial charge in [0.15, 0.2) is 5.96 Å². The summed E-state index contributed by atoms with van der Waals surface area (Å²) < 4.78 is 5.09. The summed E-state index contributed by atoms with van der Waals surface area (Å²) in [5, 5.41) is 3.50. The van der Waals surface area contributed by atoms with Crippen molar-refractivity contribution in [3.8, 4) is 0 Å². The molecule has 0 atom stereocenters. The number of hydrogen-bond acceptors (Lipinski definition) is 4. The Morgan fingerprint density at radius 1 is 1.07 bits per heavy atom. The molecule has 0 bridgehead atoms. The highest BCUT2D eigenvalue weighted by Gasteiger charge is 2.23. The molecule has 1 fully saturated rings. The maximum absolute atomic E-state index is 11.9. The first-order chi connectivity index (χ1) is 13.6. The van der Waals surface area contributed by atoms with Gasteiger partial charge in [-0.05, 0) is 31.1 Å². The van der Waals surface area contributed by atoms with Gasteiger partial charge >= 0.3 is 6.09 Å². The second kappa shape index (κ2) is 13.6. The van der Waals surface area contributed by atoms with E-state index in [4.69, 9.17) is 4.74 Å². The molecule has 1 N–H and O–H groups in total. The van der Waals surface area contributed by atoms with Crippen molar-refractivity contribution in [1.29, 1.82) is 0 Å². The van der Waals surface area contributed by atoms with Gasteiger partial charge in [0.05, 0.1) is 6.61 Å². The molecule has 2 rings (SSSR count). The summed E-state index contributed by atoms with van der Waals surface area (Å²) in [5.74, 6) is 0.876. The number of halogens is 1. The molecule has 0 aliphatic carbocycles. The summed E-state index contributed by atoms with van der Waals surface area (Å²) in [6.45, 7) is 13.2. The van der Waals surface area contributed by atoms with Gasteiger partial charge in [0.25, 0.3) is 0 Å². The molecule has 8 heteroatoms. The van der Waals surface area contributed by atoms with Crippen LogP contribution in [-0.2, 0) is 17.8 Å². The molecule has 1 heterocycles. The summed E-state index contributed by atoms with van der Waals surface area (Å²) in [6, 6.07) is 8.57. The largest absolute Gasteiger partial charge is 0.450 e. The van der Waals surface area contributed by atoms with E-state index in [9.17, 15) is 4.79 Å².